The molecule has 0 fully saturated rings. The molecule has 1 amide bonds. The van der Waals surface area contributed by atoms with Crippen LogP contribution in [-0.2, 0) is 0 Å². The van der Waals surface area contributed by atoms with E-state index in [1.807, 2.05) is 25.1 Å². The highest BCUT2D eigenvalue weighted by Crippen LogP contribution is 2.24. The lowest BCUT2D eigenvalue weighted by Gasteiger charge is -2.04. The van der Waals surface area contributed by atoms with Gasteiger partial charge in [0.05, 0.1) is 24.4 Å². The summed E-state index contributed by atoms with van der Waals surface area (Å²) in [4.78, 5) is 12.0. The standard InChI is InChI=1S/C17H17BrN2O3/c1-3-23-14-7-5-13(6-8-14)17(21)20-19-11-12-4-9-16(22-2)15(18)10-12/h4-11H,3H2,1-2H3,(H,20,21)/b19-11+. The number of hydrazone groups is 1. The van der Waals surface area contributed by atoms with Gasteiger partial charge in [0.25, 0.3) is 5.91 Å². The van der Waals surface area contributed by atoms with Gasteiger partial charge >= 0.3 is 0 Å². The second-order valence-corrected chi connectivity index (χ2v) is 5.40. The van der Waals surface area contributed by atoms with Crippen LogP contribution in [0.15, 0.2) is 52.0 Å². The number of carbonyl (C=O) groups is 1. The van der Waals surface area contributed by atoms with Crippen molar-refractivity contribution in [3.8, 4) is 11.5 Å². The molecule has 0 bridgehead atoms. The minimum absolute atomic E-state index is 0.281. The molecule has 0 saturated heterocycles. The average molecular weight is 377 g/mol. The van der Waals surface area contributed by atoms with Gasteiger partial charge in [0.15, 0.2) is 0 Å². The van der Waals surface area contributed by atoms with Crippen LogP contribution in [0.5, 0.6) is 11.5 Å². The second-order valence-electron chi connectivity index (χ2n) is 4.55. The molecular weight excluding hydrogens is 360 g/mol. The highest BCUT2D eigenvalue weighted by atomic mass is 79.9. The lowest BCUT2D eigenvalue weighted by molar-refractivity contribution is 0.0955. The Bertz CT molecular complexity index is 699. The van der Waals surface area contributed by atoms with Crippen molar-refractivity contribution in [1.82, 2.24) is 5.43 Å². The quantitative estimate of drug-likeness (QED) is 0.618. The fourth-order valence-electron chi connectivity index (χ4n) is 1.86. The number of hydrogen-bond acceptors (Lipinski definition) is 4. The van der Waals surface area contributed by atoms with E-state index in [1.54, 1.807) is 37.6 Å². The Morgan fingerprint density at radius 3 is 2.61 bits per heavy atom. The summed E-state index contributed by atoms with van der Waals surface area (Å²) in [5, 5.41) is 3.96. The molecule has 2 rings (SSSR count). The fourth-order valence-corrected chi connectivity index (χ4v) is 2.42. The predicted molar refractivity (Wildman–Crippen MR) is 93.4 cm³/mol. The molecule has 0 atom stereocenters. The monoisotopic (exact) mass is 376 g/mol. The Labute approximate surface area is 143 Å². The molecule has 0 aliphatic rings. The zero-order valence-electron chi connectivity index (χ0n) is 12.9. The van der Waals surface area contributed by atoms with Crippen molar-refractivity contribution in [3.63, 3.8) is 0 Å². The minimum Gasteiger partial charge on any atom is -0.496 e. The molecule has 0 aliphatic heterocycles. The molecule has 120 valence electrons. The first-order valence-electron chi connectivity index (χ1n) is 7.04. The number of amides is 1. The number of nitrogens with zero attached hydrogens (tertiary/aromatic N) is 1. The first-order chi connectivity index (χ1) is 11.1. The van der Waals surface area contributed by atoms with Crippen molar-refractivity contribution in [3.05, 3.63) is 58.1 Å². The van der Waals surface area contributed by atoms with E-state index in [0.29, 0.717) is 12.2 Å². The van der Waals surface area contributed by atoms with Crippen molar-refractivity contribution in [2.45, 2.75) is 6.92 Å². The molecule has 0 aromatic heterocycles. The van der Waals surface area contributed by atoms with Gasteiger partial charge in [-0.2, -0.15) is 5.10 Å². The van der Waals surface area contributed by atoms with Crippen LogP contribution in [0.2, 0.25) is 0 Å². The van der Waals surface area contributed by atoms with E-state index in [9.17, 15) is 4.79 Å². The summed E-state index contributed by atoms with van der Waals surface area (Å²) in [6, 6.07) is 12.4. The maximum absolute atomic E-state index is 12.0. The molecule has 6 heteroatoms. The van der Waals surface area contributed by atoms with Crippen LogP contribution in [0.25, 0.3) is 0 Å². The van der Waals surface area contributed by atoms with Gasteiger partial charge in [0, 0.05) is 5.56 Å². The SMILES string of the molecule is CCOc1ccc(C(=O)N/N=C/c2ccc(OC)c(Br)c2)cc1. The van der Waals surface area contributed by atoms with Crippen LogP contribution in [0.4, 0.5) is 0 Å². The van der Waals surface area contributed by atoms with Gasteiger partial charge in [0.1, 0.15) is 11.5 Å². The molecule has 23 heavy (non-hydrogen) atoms. The fraction of sp³-hybridized carbons (Fsp3) is 0.176. The largest absolute Gasteiger partial charge is 0.496 e. The van der Waals surface area contributed by atoms with E-state index >= 15 is 0 Å². The third kappa shape index (κ3) is 4.82. The van der Waals surface area contributed by atoms with Crippen LogP contribution in [-0.4, -0.2) is 25.8 Å². The summed E-state index contributed by atoms with van der Waals surface area (Å²) in [7, 11) is 1.60. The summed E-state index contributed by atoms with van der Waals surface area (Å²) >= 11 is 3.40. The minimum atomic E-state index is -0.281. The Morgan fingerprint density at radius 1 is 1.26 bits per heavy atom. The van der Waals surface area contributed by atoms with Gasteiger partial charge in [-0.05, 0) is 70.9 Å². The first kappa shape index (κ1) is 17.0. The molecule has 0 unspecified atom stereocenters. The highest BCUT2D eigenvalue weighted by molar-refractivity contribution is 9.10. The Balaban J connectivity index is 1.96. The van der Waals surface area contributed by atoms with Gasteiger partial charge in [-0.3, -0.25) is 4.79 Å². The van der Waals surface area contributed by atoms with Gasteiger partial charge in [-0.1, -0.05) is 0 Å². The van der Waals surface area contributed by atoms with Crippen LogP contribution in [0.1, 0.15) is 22.8 Å². The number of methoxy groups -OCH3 is 1. The van der Waals surface area contributed by atoms with Crippen LogP contribution < -0.4 is 14.9 Å². The zero-order chi connectivity index (χ0) is 16.7. The molecule has 0 heterocycles. The molecule has 1 N–H and O–H groups in total. The van der Waals surface area contributed by atoms with Crippen molar-refractivity contribution < 1.29 is 14.3 Å². The maximum atomic E-state index is 12.0. The number of ether oxygens (including phenoxy) is 2. The normalized spacial score (nSPS) is 10.6. The van der Waals surface area contributed by atoms with Gasteiger partial charge in [0.2, 0.25) is 0 Å². The van der Waals surface area contributed by atoms with E-state index in [0.717, 1.165) is 21.5 Å². The summed E-state index contributed by atoms with van der Waals surface area (Å²) < 4.78 is 11.3. The molecular formula is C17H17BrN2O3. The van der Waals surface area contributed by atoms with E-state index in [4.69, 9.17) is 9.47 Å². The molecule has 0 spiro atoms. The Morgan fingerprint density at radius 2 is 2.00 bits per heavy atom. The molecule has 0 saturated carbocycles. The molecule has 5 nitrogen and oxygen atoms in total. The van der Waals surface area contributed by atoms with Crippen molar-refractivity contribution in [2.24, 2.45) is 5.10 Å². The summed E-state index contributed by atoms with van der Waals surface area (Å²) in [5.74, 6) is 1.19. The van der Waals surface area contributed by atoms with Crippen molar-refractivity contribution in [2.75, 3.05) is 13.7 Å². The molecule has 2 aromatic carbocycles. The number of hydrogen-bond donors (Lipinski definition) is 1. The Hall–Kier alpha value is -2.34. The number of rotatable bonds is 6. The van der Waals surface area contributed by atoms with Crippen LogP contribution in [0, 0.1) is 0 Å². The van der Waals surface area contributed by atoms with Gasteiger partial charge in [-0.15, -0.1) is 0 Å². The van der Waals surface area contributed by atoms with Crippen LogP contribution >= 0.6 is 15.9 Å². The van der Waals surface area contributed by atoms with Gasteiger partial charge in [-0.25, -0.2) is 5.43 Å². The number of carbonyl (C=O) groups excluding carboxylic acids is 1. The lowest BCUT2D eigenvalue weighted by Crippen LogP contribution is -2.17. The summed E-state index contributed by atoms with van der Waals surface area (Å²) in [5.41, 5.74) is 3.84. The molecule has 2 aromatic rings. The second kappa shape index (κ2) is 8.33. The van der Waals surface area contributed by atoms with E-state index < -0.39 is 0 Å². The third-order valence-electron chi connectivity index (χ3n) is 2.98. The zero-order valence-corrected chi connectivity index (χ0v) is 14.5. The summed E-state index contributed by atoms with van der Waals surface area (Å²) in [6.45, 7) is 2.50. The topological polar surface area (TPSA) is 59.9 Å². The van der Waals surface area contributed by atoms with Crippen molar-refractivity contribution >= 4 is 28.1 Å². The Kier molecular flexibility index (Phi) is 6.17. The predicted octanol–water partition coefficient (Wildman–Crippen LogP) is 3.62. The average Bonchev–Trinajstić information content (AvgIpc) is 2.56. The number of halogens is 1. The highest BCUT2D eigenvalue weighted by Gasteiger charge is 2.04. The van der Waals surface area contributed by atoms with E-state index in [-0.39, 0.29) is 5.91 Å². The van der Waals surface area contributed by atoms with Crippen LogP contribution in [0.3, 0.4) is 0 Å². The molecule has 0 radical (unpaired) electrons. The first-order valence-corrected chi connectivity index (χ1v) is 7.83. The molecule has 0 aliphatic carbocycles. The van der Waals surface area contributed by atoms with Gasteiger partial charge < -0.3 is 9.47 Å². The number of benzene rings is 2. The smallest absolute Gasteiger partial charge is 0.271 e. The summed E-state index contributed by atoms with van der Waals surface area (Å²) in [6.07, 6.45) is 1.57. The van der Waals surface area contributed by atoms with E-state index in [2.05, 4.69) is 26.5 Å². The van der Waals surface area contributed by atoms with E-state index in [1.165, 1.54) is 0 Å². The number of nitrogens with one attached hydrogen (secondary N) is 1. The lowest BCUT2D eigenvalue weighted by atomic mass is 10.2. The maximum Gasteiger partial charge on any atom is 0.271 e. The van der Waals surface area contributed by atoms with Crippen molar-refractivity contribution in [1.29, 1.82) is 0 Å². The third-order valence-corrected chi connectivity index (χ3v) is 3.60.